The van der Waals surface area contributed by atoms with Crippen LogP contribution in [0.5, 0.6) is 11.9 Å². The van der Waals surface area contributed by atoms with E-state index < -0.39 is 11.4 Å². The topological polar surface area (TPSA) is 167 Å². The lowest BCUT2D eigenvalue weighted by molar-refractivity contribution is -0.122. The highest BCUT2D eigenvalue weighted by Crippen LogP contribution is 2.55. The Balaban J connectivity index is 0.00000173. The summed E-state index contributed by atoms with van der Waals surface area (Å²) in [6.45, 7) is 18.0. The highest BCUT2D eigenvalue weighted by molar-refractivity contribution is 6.33. The molecule has 1 saturated carbocycles. The Morgan fingerprint density at radius 1 is 0.969 bits per heavy atom. The lowest BCUT2D eigenvalue weighted by atomic mass is 9.58. The van der Waals surface area contributed by atoms with Crippen molar-refractivity contribution in [3.8, 4) is 23.1 Å². The third kappa shape index (κ3) is 9.16. The minimum Gasteiger partial charge on any atom is -0.483 e. The zero-order valence-corrected chi connectivity index (χ0v) is 39.4. The number of rotatable bonds is 10. The maximum absolute atomic E-state index is 17.6. The summed E-state index contributed by atoms with van der Waals surface area (Å²) in [7, 11) is 0. The largest absolute Gasteiger partial charge is 0.483 e. The van der Waals surface area contributed by atoms with Crippen LogP contribution in [0.2, 0.25) is 5.02 Å². The monoisotopic (exact) mass is 915 g/mol. The maximum Gasteiger partial charge on any atom is 0.320 e. The van der Waals surface area contributed by atoms with Crippen molar-refractivity contribution in [2.45, 2.75) is 154 Å². The molecule has 0 radical (unpaired) electrons. The molecule has 1 N–H and O–H groups in total. The van der Waals surface area contributed by atoms with Gasteiger partial charge in [0.1, 0.15) is 23.4 Å². The molecule has 0 amide bonds. The summed E-state index contributed by atoms with van der Waals surface area (Å²) in [6.07, 6.45) is 15.8. The lowest BCUT2D eigenvalue weighted by Gasteiger charge is -2.55. The first kappa shape index (κ1) is 45.6. The molecule has 5 fully saturated rings. The number of hydrogen-bond donors (Lipinski definition) is 1. The molecule has 350 valence electrons. The van der Waals surface area contributed by atoms with E-state index in [1.54, 1.807) is 12.4 Å². The molecule has 5 aliphatic rings. The number of carbonyl (C=O) groups is 1. The Labute approximate surface area is 384 Å². The van der Waals surface area contributed by atoms with Crippen LogP contribution in [0.3, 0.4) is 0 Å². The smallest absolute Gasteiger partial charge is 0.320 e. The molecule has 1 aliphatic carbocycles. The minimum absolute atomic E-state index is 0.0442. The SMILES string of the molecule is CC(C)(C)Oc1nc(OCC23CCCN2CCC3)nc2c(F)c(-c3c(CCc4nc(C5CC6(CCCN(C(C)(C)C)C6)C5)no4)c(Cl)cc4c3cnn4C3CCCCO3)ncc12.O=CO. The van der Waals surface area contributed by atoms with Gasteiger partial charge in [-0.1, -0.05) is 16.8 Å². The van der Waals surface area contributed by atoms with E-state index in [9.17, 15) is 0 Å². The normalized spacial score (nSPS) is 23.6. The molecule has 1 spiro atoms. The summed E-state index contributed by atoms with van der Waals surface area (Å²) in [6, 6.07) is 2.00. The van der Waals surface area contributed by atoms with Crippen LogP contribution < -0.4 is 9.47 Å². The van der Waals surface area contributed by atoms with Crippen LogP contribution in [-0.2, 0) is 22.4 Å². The number of benzene rings is 1. The van der Waals surface area contributed by atoms with Gasteiger partial charge < -0.3 is 23.8 Å². The second-order valence-corrected chi connectivity index (χ2v) is 21.3. The van der Waals surface area contributed by atoms with Crippen molar-refractivity contribution in [2.75, 3.05) is 39.4 Å². The zero-order chi connectivity index (χ0) is 45.7. The number of piperidine rings is 1. The first-order valence-electron chi connectivity index (χ1n) is 23.5. The van der Waals surface area contributed by atoms with Crippen molar-refractivity contribution in [1.82, 2.24) is 44.7 Å². The number of fused-ring (bicyclic) bond motifs is 3. The standard InChI is InChI=1S/C47H61ClFN9O4.CH2O2/c1-44(2,3)57-20-9-15-46(27-57)23-29(24-46)41-52-35(62-55-41)14-13-30-33(48)22-34-31(26-51-58(34)36-12-7-8-21-59-36)37(30)40-38(49)39-32(25-50-40)42(61-45(4,5)6)54-43(53-39)60-28-47-16-10-18-56(47)19-11-17-47;2-1-3/h22,25-26,29,36H,7-21,23-24,27-28H2,1-6H3;1H,(H,2,3). The van der Waals surface area contributed by atoms with Gasteiger partial charge in [-0.2, -0.15) is 20.1 Å². The number of nitrogens with zero attached hydrogens (tertiary/aromatic N) is 9. The van der Waals surface area contributed by atoms with Crippen LogP contribution in [0.1, 0.15) is 142 Å². The number of pyridine rings is 1. The predicted octanol–water partition coefficient (Wildman–Crippen LogP) is 9.34. The third-order valence-electron chi connectivity index (χ3n) is 14.3. The van der Waals surface area contributed by atoms with Crippen LogP contribution >= 0.6 is 11.6 Å². The molecule has 0 bridgehead atoms. The van der Waals surface area contributed by atoms with Crippen molar-refractivity contribution >= 4 is 39.9 Å². The molecule has 17 heteroatoms. The number of hydrogen-bond acceptors (Lipinski definition) is 13. The maximum atomic E-state index is 17.6. The molecule has 4 aromatic heterocycles. The Morgan fingerprint density at radius 2 is 1.72 bits per heavy atom. The quantitative estimate of drug-likeness (QED) is 0.132. The van der Waals surface area contributed by atoms with Gasteiger partial charge in [0, 0.05) is 53.2 Å². The van der Waals surface area contributed by atoms with Gasteiger partial charge in [0.25, 0.3) is 6.47 Å². The second-order valence-electron chi connectivity index (χ2n) is 20.9. The molecule has 1 unspecified atom stereocenters. The van der Waals surface area contributed by atoms with E-state index >= 15 is 4.39 Å². The summed E-state index contributed by atoms with van der Waals surface area (Å²) in [5, 5.41) is 17.7. The van der Waals surface area contributed by atoms with E-state index in [1.165, 1.54) is 12.8 Å². The van der Waals surface area contributed by atoms with Crippen LogP contribution in [0, 0.1) is 11.2 Å². The zero-order valence-electron chi connectivity index (χ0n) is 38.7. The van der Waals surface area contributed by atoms with Crippen LogP contribution in [0.4, 0.5) is 4.39 Å². The lowest BCUT2D eigenvalue weighted by Crippen LogP contribution is -2.55. The molecule has 65 heavy (non-hydrogen) atoms. The molecule has 1 aromatic carbocycles. The third-order valence-corrected chi connectivity index (χ3v) is 14.7. The molecule has 5 aromatic rings. The van der Waals surface area contributed by atoms with Gasteiger partial charge in [-0.15, -0.1) is 0 Å². The van der Waals surface area contributed by atoms with E-state index in [4.69, 9.17) is 65.3 Å². The molecular weight excluding hydrogens is 853 g/mol. The molecule has 10 rings (SSSR count). The summed E-state index contributed by atoms with van der Waals surface area (Å²) in [5.74, 6) is 1.19. The van der Waals surface area contributed by atoms with E-state index in [1.807, 2.05) is 31.5 Å². The minimum atomic E-state index is -0.625. The summed E-state index contributed by atoms with van der Waals surface area (Å²) >= 11 is 7.27. The number of ether oxygens (including phenoxy) is 3. The van der Waals surface area contributed by atoms with Crippen molar-refractivity contribution in [2.24, 2.45) is 5.41 Å². The van der Waals surface area contributed by atoms with Gasteiger partial charge in [-0.3, -0.25) is 19.6 Å². The van der Waals surface area contributed by atoms with E-state index in [2.05, 4.69) is 35.7 Å². The number of carboxylic acid groups (broad SMARTS) is 1. The van der Waals surface area contributed by atoms with Crippen molar-refractivity contribution in [3.05, 3.63) is 46.6 Å². The van der Waals surface area contributed by atoms with Gasteiger partial charge in [0.15, 0.2) is 17.9 Å². The van der Waals surface area contributed by atoms with Crippen molar-refractivity contribution in [1.29, 1.82) is 0 Å². The van der Waals surface area contributed by atoms with Crippen LogP contribution in [0.25, 0.3) is 33.1 Å². The van der Waals surface area contributed by atoms with Crippen LogP contribution in [0.15, 0.2) is 23.0 Å². The molecule has 15 nitrogen and oxygen atoms in total. The fourth-order valence-corrected chi connectivity index (χ4v) is 11.5. The predicted molar refractivity (Wildman–Crippen MR) is 244 cm³/mol. The molecular formula is C48H63ClFN9O6. The highest BCUT2D eigenvalue weighted by Gasteiger charge is 2.50. The fourth-order valence-electron chi connectivity index (χ4n) is 11.2. The van der Waals surface area contributed by atoms with E-state index in [0.29, 0.717) is 64.3 Å². The molecule has 8 heterocycles. The fraction of sp³-hybridized carbons (Fsp3) is 0.646. The van der Waals surface area contributed by atoms with Crippen molar-refractivity contribution in [3.63, 3.8) is 0 Å². The molecule has 1 atom stereocenters. The number of halogens is 2. The summed E-state index contributed by atoms with van der Waals surface area (Å²) < 4.78 is 44.3. The van der Waals surface area contributed by atoms with Gasteiger partial charge >= 0.3 is 6.01 Å². The summed E-state index contributed by atoms with van der Waals surface area (Å²) in [4.78, 5) is 32.7. The van der Waals surface area contributed by atoms with Gasteiger partial charge in [0.2, 0.25) is 11.8 Å². The number of aryl methyl sites for hydroxylation is 1. The Bertz CT molecular complexity index is 2510. The van der Waals surface area contributed by atoms with Crippen molar-refractivity contribution < 1.29 is 33.0 Å². The highest BCUT2D eigenvalue weighted by atomic mass is 35.5. The van der Waals surface area contributed by atoms with Gasteiger partial charge in [-0.25, -0.2) is 9.07 Å². The Kier molecular flexibility index (Phi) is 12.6. The van der Waals surface area contributed by atoms with E-state index in [-0.39, 0.29) is 52.8 Å². The van der Waals surface area contributed by atoms with Gasteiger partial charge in [0.05, 0.1) is 22.6 Å². The van der Waals surface area contributed by atoms with E-state index in [0.717, 1.165) is 95.3 Å². The number of aromatic nitrogens is 7. The first-order valence-corrected chi connectivity index (χ1v) is 23.9. The average molecular weight is 917 g/mol. The number of likely N-dealkylation sites (tertiary alicyclic amines) is 1. The molecule has 4 saturated heterocycles. The summed E-state index contributed by atoms with van der Waals surface area (Å²) in [5.41, 5.74) is 1.98. The van der Waals surface area contributed by atoms with Crippen LogP contribution in [-0.4, -0.2) is 112 Å². The first-order chi connectivity index (χ1) is 31.1. The second kappa shape index (κ2) is 17.9. The molecule has 4 aliphatic heterocycles. The average Bonchev–Trinajstić information content (AvgIpc) is 4.06. The Hall–Kier alpha value is -4.51. The Morgan fingerprint density at radius 3 is 2.43 bits per heavy atom. The van der Waals surface area contributed by atoms with Gasteiger partial charge in [-0.05, 0) is 155 Å².